The van der Waals surface area contributed by atoms with Gasteiger partial charge in [-0.2, -0.15) is 10.1 Å². The van der Waals surface area contributed by atoms with Crippen molar-refractivity contribution < 1.29 is 4.74 Å². The molecule has 0 spiro atoms. The van der Waals surface area contributed by atoms with E-state index in [0.717, 1.165) is 44.8 Å². The van der Waals surface area contributed by atoms with Gasteiger partial charge >= 0.3 is 0 Å². The van der Waals surface area contributed by atoms with E-state index in [1.807, 2.05) is 92.7 Å². The molecule has 2 N–H and O–H groups in total. The number of aromatic amines is 1. The van der Waals surface area contributed by atoms with E-state index in [9.17, 15) is 4.79 Å². The van der Waals surface area contributed by atoms with Gasteiger partial charge in [-0.1, -0.05) is 59.7 Å². The van der Waals surface area contributed by atoms with Crippen LogP contribution in [0, 0.1) is 13.8 Å². The lowest BCUT2D eigenvalue weighted by Crippen LogP contribution is -2.13. The summed E-state index contributed by atoms with van der Waals surface area (Å²) in [5.41, 5.74) is 9.43. The number of benzene rings is 3. The Balaban J connectivity index is 1.58. The summed E-state index contributed by atoms with van der Waals surface area (Å²) in [6.45, 7) is 4.08. The first-order chi connectivity index (χ1) is 17.5. The van der Waals surface area contributed by atoms with E-state index >= 15 is 0 Å². The minimum Gasteiger partial charge on any atom is -0.497 e. The number of ether oxygens (including phenoxy) is 1. The molecule has 178 valence electrons. The van der Waals surface area contributed by atoms with Crippen LogP contribution in [0.25, 0.3) is 33.4 Å². The fraction of sp³-hybridized carbons (Fsp3) is 0.103. The molecule has 2 heterocycles. The van der Waals surface area contributed by atoms with Crippen LogP contribution in [0.3, 0.4) is 0 Å². The molecule has 0 fully saturated rings. The highest BCUT2D eigenvalue weighted by atomic mass is 16.5. The zero-order valence-electron chi connectivity index (χ0n) is 20.2. The Labute approximate surface area is 208 Å². The van der Waals surface area contributed by atoms with Gasteiger partial charge in [0.25, 0.3) is 5.56 Å². The smallest absolute Gasteiger partial charge is 0.262 e. The number of anilines is 1. The largest absolute Gasteiger partial charge is 0.497 e. The van der Waals surface area contributed by atoms with Crippen LogP contribution in [-0.2, 0) is 0 Å². The first-order valence-corrected chi connectivity index (χ1v) is 11.5. The van der Waals surface area contributed by atoms with Crippen molar-refractivity contribution in [1.29, 1.82) is 0 Å². The number of nitrogens with one attached hydrogen (secondary N) is 2. The molecule has 0 aliphatic carbocycles. The maximum absolute atomic E-state index is 13.2. The van der Waals surface area contributed by atoms with E-state index in [-0.39, 0.29) is 11.5 Å². The molecule has 0 saturated carbocycles. The van der Waals surface area contributed by atoms with Crippen LogP contribution in [0.5, 0.6) is 5.75 Å². The zero-order chi connectivity index (χ0) is 25.1. The van der Waals surface area contributed by atoms with Crippen molar-refractivity contribution in [3.63, 3.8) is 0 Å². The Morgan fingerprint density at radius 1 is 0.861 bits per heavy atom. The lowest BCUT2D eigenvalue weighted by molar-refractivity contribution is 0.415. The summed E-state index contributed by atoms with van der Waals surface area (Å²) < 4.78 is 5.17. The van der Waals surface area contributed by atoms with E-state index in [4.69, 9.17) is 9.72 Å². The summed E-state index contributed by atoms with van der Waals surface area (Å²) in [7, 11) is 1.62. The first-order valence-electron chi connectivity index (χ1n) is 11.5. The molecular weight excluding hydrogens is 450 g/mol. The van der Waals surface area contributed by atoms with Gasteiger partial charge in [-0.25, -0.2) is 10.4 Å². The SMILES string of the molecule is COc1ccc(/C=N/Nc2nc3nc(-c4ccc(C)cc4)cc(-c4ccc(C)cc4)c3c(=O)[nH]2)cc1. The number of fused-ring (bicyclic) bond motifs is 1. The Bertz CT molecular complexity index is 1600. The number of methoxy groups -OCH3 is 1. The quantitative estimate of drug-likeness (QED) is 0.242. The lowest BCUT2D eigenvalue weighted by atomic mass is 9.99. The molecule has 0 bridgehead atoms. The van der Waals surface area contributed by atoms with Crippen molar-refractivity contribution in [1.82, 2.24) is 15.0 Å². The predicted molar refractivity (Wildman–Crippen MR) is 145 cm³/mol. The second kappa shape index (κ2) is 9.84. The number of pyridine rings is 1. The maximum Gasteiger partial charge on any atom is 0.262 e. The van der Waals surface area contributed by atoms with Gasteiger partial charge in [-0.3, -0.25) is 9.78 Å². The Kier molecular flexibility index (Phi) is 6.28. The van der Waals surface area contributed by atoms with E-state index in [0.29, 0.717) is 11.0 Å². The van der Waals surface area contributed by atoms with Gasteiger partial charge in [0.05, 0.1) is 24.4 Å². The van der Waals surface area contributed by atoms with Gasteiger partial charge in [-0.15, -0.1) is 0 Å². The molecule has 7 heteroatoms. The molecule has 0 aliphatic rings. The van der Waals surface area contributed by atoms with Crippen molar-refractivity contribution in [3.05, 3.63) is 106 Å². The van der Waals surface area contributed by atoms with Crippen molar-refractivity contribution >= 4 is 23.2 Å². The number of hydrogen-bond acceptors (Lipinski definition) is 6. The van der Waals surface area contributed by atoms with Crippen molar-refractivity contribution in [2.45, 2.75) is 13.8 Å². The number of aryl methyl sites for hydroxylation is 2. The number of nitrogens with zero attached hydrogens (tertiary/aromatic N) is 3. The van der Waals surface area contributed by atoms with E-state index in [1.54, 1.807) is 13.3 Å². The molecule has 0 saturated heterocycles. The minimum absolute atomic E-state index is 0.209. The van der Waals surface area contributed by atoms with Crippen LogP contribution >= 0.6 is 0 Å². The van der Waals surface area contributed by atoms with E-state index in [2.05, 4.69) is 20.5 Å². The maximum atomic E-state index is 13.2. The van der Waals surface area contributed by atoms with Crippen LogP contribution in [0.1, 0.15) is 16.7 Å². The highest BCUT2D eigenvalue weighted by Crippen LogP contribution is 2.30. The molecule has 5 rings (SSSR count). The molecular formula is C29H25N5O2. The van der Waals surface area contributed by atoms with Gasteiger partial charge in [0, 0.05) is 11.1 Å². The van der Waals surface area contributed by atoms with Gasteiger partial charge in [-0.05, 0) is 55.3 Å². The third-order valence-electron chi connectivity index (χ3n) is 5.89. The highest BCUT2D eigenvalue weighted by Gasteiger charge is 2.15. The fourth-order valence-corrected chi connectivity index (χ4v) is 3.88. The third-order valence-corrected chi connectivity index (χ3v) is 5.89. The average molecular weight is 476 g/mol. The molecule has 0 amide bonds. The number of aromatic nitrogens is 3. The second-order valence-corrected chi connectivity index (χ2v) is 8.54. The summed E-state index contributed by atoms with van der Waals surface area (Å²) in [6, 6.07) is 25.6. The fourth-order valence-electron chi connectivity index (χ4n) is 3.88. The van der Waals surface area contributed by atoms with Gasteiger partial charge in [0.2, 0.25) is 5.95 Å². The van der Waals surface area contributed by atoms with E-state index < -0.39 is 0 Å². The summed E-state index contributed by atoms with van der Waals surface area (Å²) in [5, 5.41) is 4.65. The summed E-state index contributed by atoms with van der Waals surface area (Å²) >= 11 is 0. The molecule has 2 aromatic heterocycles. The molecule has 7 nitrogen and oxygen atoms in total. The second-order valence-electron chi connectivity index (χ2n) is 8.54. The Morgan fingerprint density at radius 2 is 1.50 bits per heavy atom. The molecule has 0 atom stereocenters. The molecule has 0 radical (unpaired) electrons. The number of hydrogen-bond donors (Lipinski definition) is 2. The van der Waals surface area contributed by atoms with Gasteiger partial charge in [0.15, 0.2) is 5.65 Å². The molecule has 0 aliphatic heterocycles. The standard InChI is InChI=1S/C29H25N5O2/c1-18-4-10-21(11-5-18)24-16-25(22-12-6-19(2)7-13-22)31-27-26(24)28(35)33-29(32-27)34-30-17-20-8-14-23(36-3)15-9-20/h4-17H,1-3H3,(H2,31,32,33,34,35)/b30-17+. The highest BCUT2D eigenvalue weighted by molar-refractivity contribution is 5.94. The van der Waals surface area contributed by atoms with Crippen LogP contribution < -0.4 is 15.7 Å². The van der Waals surface area contributed by atoms with E-state index in [1.165, 1.54) is 0 Å². The van der Waals surface area contributed by atoms with Crippen LogP contribution in [0.2, 0.25) is 0 Å². The molecule has 36 heavy (non-hydrogen) atoms. The molecule has 0 unspecified atom stereocenters. The summed E-state index contributed by atoms with van der Waals surface area (Å²) in [6.07, 6.45) is 1.64. The monoisotopic (exact) mass is 475 g/mol. The molecule has 3 aromatic carbocycles. The number of rotatable bonds is 6. The lowest BCUT2D eigenvalue weighted by Gasteiger charge is -2.11. The predicted octanol–water partition coefficient (Wildman–Crippen LogP) is 5.72. The number of H-pyrrole nitrogens is 1. The van der Waals surface area contributed by atoms with Crippen molar-refractivity contribution in [2.24, 2.45) is 5.10 Å². The topological polar surface area (TPSA) is 92.3 Å². The van der Waals surface area contributed by atoms with Crippen LogP contribution in [0.15, 0.2) is 88.8 Å². The van der Waals surface area contributed by atoms with Crippen molar-refractivity contribution in [2.75, 3.05) is 12.5 Å². The zero-order valence-corrected chi connectivity index (χ0v) is 20.2. The van der Waals surface area contributed by atoms with Crippen molar-refractivity contribution in [3.8, 4) is 28.1 Å². The van der Waals surface area contributed by atoms with Gasteiger partial charge < -0.3 is 4.74 Å². The Hall–Kier alpha value is -4.78. The average Bonchev–Trinajstić information content (AvgIpc) is 2.89. The third kappa shape index (κ3) is 4.86. The molecule has 5 aromatic rings. The summed E-state index contributed by atoms with van der Waals surface area (Å²) in [5.74, 6) is 0.973. The van der Waals surface area contributed by atoms with Crippen LogP contribution in [0.4, 0.5) is 5.95 Å². The normalized spacial score (nSPS) is 11.2. The summed E-state index contributed by atoms with van der Waals surface area (Å²) in [4.78, 5) is 25.3. The Morgan fingerprint density at radius 3 is 2.14 bits per heavy atom. The minimum atomic E-state index is -0.291. The van der Waals surface area contributed by atoms with Crippen LogP contribution in [-0.4, -0.2) is 28.3 Å². The van der Waals surface area contributed by atoms with Gasteiger partial charge in [0.1, 0.15) is 5.75 Å². The first kappa shape index (κ1) is 23.0. The number of hydrazone groups is 1.